The molecular formula is C20H20FN3O3. The van der Waals surface area contributed by atoms with Crippen LogP contribution in [0.4, 0.5) is 4.39 Å². The number of hydrazine groups is 1. The highest BCUT2D eigenvalue weighted by atomic mass is 19.1. The van der Waals surface area contributed by atoms with E-state index in [2.05, 4.69) is 15.8 Å². The van der Waals surface area contributed by atoms with Crippen molar-refractivity contribution in [2.75, 3.05) is 7.11 Å². The van der Waals surface area contributed by atoms with E-state index in [4.69, 9.17) is 4.74 Å². The number of hydrogen-bond acceptors (Lipinski definition) is 4. The molecule has 1 aliphatic rings. The maximum Gasteiger partial charge on any atom is 0.273 e. The average molecular weight is 369 g/mol. The smallest absolute Gasteiger partial charge is 0.273 e. The van der Waals surface area contributed by atoms with Crippen molar-refractivity contribution in [3.05, 3.63) is 59.6 Å². The lowest BCUT2D eigenvalue weighted by atomic mass is 9.90. The van der Waals surface area contributed by atoms with Crippen LogP contribution in [0, 0.1) is 5.92 Å². The highest BCUT2D eigenvalue weighted by Crippen LogP contribution is 2.28. The number of carbonyl (C=O) groups is 2. The first-order valence-corrected chi connectivity index (χ1v) is 8.55. The van der Waals surface area contributed by atoms with Gasteiger partial charge in [0.1, 0.15) is 11.3 Å². The zero-order chi connectivity index (χ0) is 19.4. The van der Waals surface area contributed by atoms with Crippen LogP contribution in [0.5, 0.6) is 5.75 Å². The molecule has 1 aromatic carbocycles. The summed E-state index contributed by atoms with van der Waals surface area (Å²) in [4.78, 5) is 28.8. The molecule has 0 bridgehead atoms. The number of nitrogens with one attached hydrogen (secondary N) is 2. The third kappa shape index (κ3) is 4.13. The predicted molar refractivity (Wildman–Crippen MR) is 99.6 cm³/mol. The zero-order valence-electron chi connectivity index (χ0n) is 15.1. The molecule has 6 nitrogen and oxygen atoms in total. The number of rotatable bonds is 4. The third-order valence-electron chi connectivity index (χ3n) is 4.47. The number of fused-ring (bicyclic) bond motifs is 1. The van der Waals surface area contributed by atoms with E-state index in [0.717, 1.165) is 11.0 Å². The van der Waals surface area contributed by atoms with Crippen LogP contribution in [0.25, 0.3) is 10.9 Å². The summed E-state index contributed by atoms with van der Waals surface area (Å²) in [6.07, 6.45) is 4.97. The molecule has 1 aromatic heterocycles. The first-order valence-electron chi connectivity index (χ1n) is 8.55. The minimum atomic E-state index is -0.510. The normalized spacial score (nSPS) is 16.3. The maximum absolute atomic E-state index is 13.2. The molecule has 1 aliphatic carbocycles. The number of methoxy groups -OCH3 is 1. The molecule has 0 fully saturated rings. The van der Waals surface area contributed by atoms with Gasteiger partial charge in [0.2, 0.25) is 5.91 Å². The van der Waals surface area contributed by atoms with Crippen molar-refractivity contribution in [1.29, 1.82) is 0 Å². The second kappa shape index (κ2) is 7.99. The SMILES string of the molecule is COc1c(C(=O)NNC(=O)CC2=CC=C(F)CC2C)ccc2cccnc12. The van der Waals surface area contributed by atoms with Gasteiger partial charge in [0, 0.05) is 24.4 Å². The molecule has 2 aromatic rings. The molecule has 140 valence electrons. The number of nitrogens with zero attached hydrogens (tertiary/aromatic N) is 1. The monoisotopic (exact) mass is 369 g/mol. The van der Waals surface area contributed by atoms with Crippen molar-refractivity contribution >= 4 is 22.7 Å². The Labute approximate surface area is 156 Å². The van der Waals surface area contributed by atoms with E-state index in [1.165, 1.54) is 13.2 Å². The third-order valence-corrected chi connectivity index (χ3v) is 4.47. The van der Waals surface area contributed by atoms with Crippen LogP contribution in [-0.4, -0.2) is 23.9 Å². The van der Waals surface area contributed by atoms with E-state index in [1.807, 2.05) is 13.0 Å². The fourth-order valence-electron chi connectivity index (χ4n) is 3.01. The van der Waals surface area contributed by atoms with Crippen molar-refractivity contribution in [2.24, 2.45) is 5.92 Å². The molecule has 0 saturated carbocycles. The predicted octanol–water partition coefficient (Wildman–Crippen LogP) is 3.21. The van der Waals surface area contributed by atoms with Gasteiger partial charge in [-0.3, -0.25) is 25.4 Å². The van der Waals surface area contributed by atoms with E-state index < -0.39 is 5.91 Å². The number of aromatic nitrogens is 1. The minimum absolute atomic E-state index is 0.0527. The highest BCUT2D eigenvalue weighted by molar-refractivity contribution is 6.03. The van der Waals surface area contributed by atoms with Crippen LogP contribution in [0.3, 0.4) is 0 Å². The summed E-state index contributed by atoms with van der Waals surface area (Å²) in [6, 6.07) is 7.04. The van der Waals surface area contributed by atoms with Crippen LogP contribution in [0.15, 0.2) is 54.0 Å². The second-order valence-corrected chi connectivity index (χ2v) is 6.36. The standard InChI is InChI=1S/C20H20FN3O3/c1-12-10-15(21)7-5-14(12)11-17(25)23-24-20(26)16-8-6-13-4-3-9-22-18(13)19(16)27-2/h3-9,12H,10-11H2,1-2H3,(H,23,25)(H,24,26). The fourth-order valence-corrected chi connectivity index (χ4v) is 3.01. The summed E-state index contributed by atoms with van der Waals surface area (Å²) >= 11 is 0. The van der Waals surface area contributed by atoms with Gasteiger partial charge in [-0.2, -0.15) is 0 Å². The molecule has 3 rings (SSSR count). The number of pyridine rings is 1. The van der Waals surface area contributed by atoms with Gasteiger partial charge in [-0.05, 0) is 24.1 Å². The number of carbonyl (C=O) groups excluding carboxylic acids is 2. The Balaban J connectivity index is 1.67. The molecule has 2 N–H and O–H groups in total. The van der Waals surface area contributed by atoms with Crippen LogP contribution in [-0.2, 0) is 4.79 Å². The van der Waals surface area contributed by atoms with Gasteiger partial charge in [0.15, 0.2) is 5.75 Å². The van der Waals surface area contributed by atoms with Crippen LogP contribution >= 0.6 is 0 Å². The molecule has 0 spiro atoms. The first kappa shape index (κ1) is 18.6. The molecule has 0 saturated heterocycles. The van der Waals surface area contributed by atoms with Gasteiger partial charge in [0.05, 0.1) is 12.7 Å². The second-order valence-electron chi connectivity index (χ2n) is 6.36. The number of ether oxygens (including phenoxy) is 1. The van der Waals surface area contributed by atoms with Crippen LogP contribution in [0.1, 0.15) is 30.1 Å². The summed E-state index contributed by atoms with van der Waals surface area (Å²) in [5, 5.41) is 0.841. The number of benzene rings is 1. The Kier molecular flexibility index (Phi) is 5.49. The summed E-state index contributed by atoms with van der Waals surface area (Å²) in [5.74, 6) is -0.802. The Morgan fingerprint density at radius 2 is 2.07 bits per heavy atom. The first-order chi connectivity index (χ1) is 13.0. The van der Waals surface area contributed by atoms with Gasteiger partial charge < -0.3 is 4.74 Å². The van der Waals surface area contributed by atoms with Crippen LogP contribution < -0.4 is 15.6 Å². The molecular weight excluding hydrogens is 349 g/mol. The number of hydrogen-bond donors (Lipinski definition) is 2. The van der Waals surface area contributed by atoms with Gasteiger partial charge in [-0.25, -0.2) is 4.39 Å². The van der Waals surface area contributed by atoms with Crippen molar-refractivity contribution in [3.63, 3.8) is 0 Å². The topological polar surface area (TPSA) is 80.3 Å². The van der Waals surface area contributed by atoms with E-state index in [0.29, 0.717) is 11.3 Å². The number of halogens is 1. The van der Waals surface area contributed by atoms with Gasteiger partial charge >= 0.3 is 0 Å². The quantitative estimate of drug-likeness (QED) is 0.811. The van der Waals surface area contributed by atoms with E-state index in [-0.39, 0.29) is 36.1 Å². The molecule has 0 aliphatic heterocycles. The fraction of sp³-hybridized carbons (Fsp3) is 0.250. The molecule has 27 heavy (non-hydrogen) atoms. The molecule has 1 heterocycles. The van der Waals surface area contributed by atoms with E-state index in [1.54, 1.807) is 30.5 Å². The molecule has 2 amide bonds. The van der Waals surface area contributed by atoms with Crippen molar-refractivity contribution in [1.82, 2.24) is 15.8 Å². The summed E-state index contributed by atoms with van der Waals surface area (Å²) in [6.45, 7) is 1.86. The molecule has 7 heteroatoms. The minimum Gasteiger partial charge on any atom is -0.494 e. The Morgan fingerprint density at radius 3 is 2.81 bits per heavy atom. The van der Waals surface area contributed by atoms with E-state index >= 15 is 0 Å². The lowest BCUT2D eigenvalue weighted by Gasteiger charge is -2.18. The van der Waals surface area contributed by atoms with Crippen LogP contribution in [0.2, 0.25) is 0 Å². The largest absolute Gasteiger partial charge is 0.494 e. The Morgan fingerprint density at radius 1 is 1.26 bits per heavy atom. The van der Waals surface area contributed by atoms with Crippen molar-refractivity contribution in [3.8, 4) is 5.75 Å². The molecule has 1 atom stereocenters. The lowest BCUT2D eigenvalue weighted by molar-refractivity contribution is -0.121. The van der Waals surface area contributed by atoms with Gasteiger partial charge in [-0.1, -0.05) is 30.7 Å². The van der Waals surface area contributed by atoms with Gasteiger partial charge in [-0.15, -0.1) is 0 Å². The Hall–Kier alpha value is -3.22. The number of allylic oxidation sites excluding steroid dienone is 3. The van der Waals surface area contributed by atoms with E-state index in [9.17, 15) is 14.0 Å². The van der Waals surface area contributed by atoms with Gasteiger partial charge in [0.25, 0.3) is 5.91 Å². The summed E-state index contributed by atoms with van der Waals surface area (Å²) in [5.41, 5.74) is 6.42. The molecule has 0 radical (unpaired) electrons. The number of amides is 2. The van der Waals surface area contributed by atoms with Crippen molar-refractivity contribution in [2.45, 2.75) is 19.8 Å². The highest BCUT2D eigenvalue weighted by Gasteiger charge is 2.19. The Bertz CT molecular complexity index is 953. The molecule has 1 unspecified atom stereocenters. The summed E-state index contributed by atoms with van der Waals surface area (Å²) in [7, 11) is 1.46. The average Bonchev–Trinajstić information content (AvgIpc) is 2.67. The maximum atomic E-state index is 13.2. The lowest BCUT2D eigenvalue weighted by Crippen LogP contribution is -2.42. The van der Waals surface area contributed by atoms with Crippen molar-refractivity contribution < 1.29 is 18.7 Å². The zero-order valence-corrected chi connectivity index (χ0v) is 15.1. The summed E-state index contributed by atoms with van der Waals surface area (Å²) < 4.78 is 18.6.